The van der Waals surface area contributed by atoms with E-state index in [1.165, 1.54) is 0 Å². The Morgan fingerprint density at radius 3 is 2.78 bits per heavy atom. The zero-order valence-corrected chi connectivity index (χ0v) is 11.6. The Kier molecular flexibility index (Phi) is 4.93. The Balaban J connectivity index is 2.51. The van der Waals surface area contributed by atoms with E-state index in [4.69, 9.17) is 10.2 Å². The summed E-state index contributed by atoms with van der Waals surface area (Å²) in [4.78, 5) is 14.0. The van der Waals surface area contributed by atoms with Gasteiger partial charge in [-0.25, -0.2) is 0 Å². The number of nitrogens with zero attached hydrogens (tertiary/aromatic N) is 1. The molecule has 1 amide bonds. The van der Waals surface area contributed by atoms with Crippen LogP contribution >= 0.6 is 0 Å². The molecule has 5 heteroatoms. The van der Waals surface area contributed by atoms with Crippen molar-refractivity contribution in [3.8, 4) is 0 Å². The van der Waals surface area contributed by atoms with Crippen LogP contribution in [-0.4, -0.2) is 36.0 Å². The van der Waals surface area contributed by atoms with Crippen molar-refractivity contribution < 1.29 is 9.21 Å². The van der Waals surface area contributed by atoms with Crippen molar-refractivity contribution >= 4 is 5.91 Å². The van der Waals surface area contributed by atoms with Gasteiger partial charge in [0.2, 0.25) is 5.91 Å². The summed E-state index contributed by atoms with van der Waals surface area (Å²) in [6.07, 6.45) is 1.59. The minimum Gasteiger partial charge on any atom is -0.467 e. The summed E-state index contributed by atoms with van der Waals surface area (Å²) in [6.45, 7) is 6.81. The SMILES string of the molecule is CC(C(=O)NCc1ccco1)N(C)C(C)(C)CN. The molecular weight excluding hydrogens is 230 g/mol. The summed E-state index contributed by atoms with van der Waals surface area (Å²) in [5.41, 5.74) is 5.50. The summed E-state index contributed by atoms with van der Waals surface area (Å²) in [7, 11) is 1.91. The topological polar surface area (TPSA) is 71.5 Å². The van der Waals surface area contributed by atoms with Crippen molar-refractivity contribution in [1.82, 2.24) is 10.2 Å². The molecule has 0 spiro atoms. The molecule has 0 saturated carbocycles. The maximum atomic E-state index is 12.0. The number of amides is 1. The fourth-order valence-corrected chi connectivity index (χ4v) is 1.58. The van der Waals surface area contributed by atoms with Crippen LogP contribution in [0.2, 0.25) is 0 Å². The quantitative estimate of drug-likeness (QED) is 0.792. The fourth-order valence-electron chi connectivity index (χ4n) is 1.58. The highest BCUT2D eigenvalue weighted by Crippen LogP contribution is 2.14. The van der Waals surface area contributed by atoms with Crippen molar-refractivity contribution in [2.75, 3.05) is 13.6 Å². The van der Waals surface area contributed by atoms with E-state index >= 15 is 0 Å². The third-order valence-corrected chi connectivity index (χ3v) is 3.43. The van der Waals surface area contributed by atoms with E-state index in [1.54, 1.807) is 12.3 Å². The molecule has 0 radical (unpaired) electrons. The molecule has 1 unspecified atom stereocenters. The number of carbonyl (C=O) groups is 1. The van der Waals surface area contributed by atoms with E-state index in [0.717, 1.165) is 5.76 Å². The molecule has 0 aliphatic carbocycles. The zero-order chi connectivity index (χ0) is 13.8. The molecule has 1 heterocycles. The van der Waals surface area contributed by atoms with E-state index in [-0.39, 0.29) is 17.5 Å². The van der Waals surface area contributed by atoms with Crippen LogP contribution in [0.25, 0.3) is 0 Å². The first-order valence-corrected chi connectivity index (χ1v) is 6.11. The van der Waals surface area contributed by atoms with Gasteiger partial charge in [-0.3, -0.25) is 9.69 Å². The highest BCUT2D eigenvalue weighted by atomic mass is 16.3. The van der Waals surface area contributed by atoms with Gasteiger partial charge in [0.1, 0.15) is 5.76 Å². The Hall–Kier alpha value is -1.33. The molecule has 0 aliphatic heterocycles. The number of hydrogen-bond donors (Lipinski definition) is 2. The van der Waals surface area contributed by atoms with Crippen LogP contribution in [0.4, 0.5) is 0 Å². The summed E-state index contributed by atoms with van der Waals surface area (Å²) in [5, 5.41) is 2.85. The first kappa shape index (κ1) is 14.7. The number of likely N-dealkylation sites (N-methyl/N-ethyl adjacent to an activating group) is 1. The summed E-state index contributed by atoms with van der Waals surface area (Å²) in [6, 6.07) is 3.39. The second kappa shape index (κ2) is 6.02. The van der Waals surface area contributed by atoms with Gasteiger partial charge in [0.25, 0.3) is 0 Å². The van der Waals surface area contributed by atoms with Gasteiger partial charge in [-0.05, 0) is 40.0 Å². The van der Waals surface area contributed by atoms with Gasteiger partial charge in [0.15, 0.2) is 0 Å². The van der Waals surface area contributed by atoms with Crippen LogP contribution in [0.1, 0.15) is 26.5 Å². The molecule has 1 aromatic rings. The van der Waals surface area contributed by atoms with E-state index in [9.17, 15) is 4.79 Å². The summed E-state index contributed by atoms with van der Waals surface area (Å²) < 4.78 is 5.16. The molecule has 1 atom stereocenters. The number of hydrogen-bond acceptors (Lipinski definition) is 4. The molecule has 1 aromatic heterocycles. The first-order chi connectivity index (χ1) is 8.38. The van der Waals surface area contributed by atoms with Crippen LogP contribution in [0.3, 0.4) is 0 Å². The number of furan rings is 1. The van der Waals surface area contributed by atoms with E-state index in [2.05, 4.69) is 5.32 Å². The van der Waals surface area contributed by atoms with Crippen molar-refractivity contribution in [1.29, 1.82) is 0 Å². The lowest BCUT2D eigenvalue weighted by atomic mass is 10.0. The molecule has 0 aromatic carbocycles. The first-order valence-electron chi connectivity index (χ1n) is 6.11. The van der Waals surface area contributed by atoms with Crippen molar-refractivity contribution in [3.63, 3.8) is 0 Å². The van der Waals surface area contributed by atoms with Crippen LogP contribution < -0.4 is 11.1 Å². The largest absolute Gasteiger partial charge is 0.467 e. The molecule has 1 rings (SSSR count). The van der Waals surface area contributed by atoms with Crippen LogP contribution in [0.5, 0.6) is 0 Å². The molecule has 18 heavy (non-hydrogen) atoms. The molecule has 0 aliphatic rings. The number of carbonyl (C=O) groups excluding carboxylic acids is 1. The van der Waals surface area contributed by atoms with Crippen molar-refractivity contribution in [2.45, 2.75) is 38.9 Å². The predicted molar refractivity (Wildman–Crippen MR) is 70.9 cm³/mol. The third-order valence-electron chi connectivity index (χ3n) is 3.43. The Morgan fingerprint density at radius 1 is 1.61 bits per heavy atom. The van der Waals surface area contributed by atoms with E-state index in [1.807, 2.05) is 38.8 Å². The van der Waals surface area contributed by atoms with Gasteiger partial charge in [-0.1, -0.05) is 0 Å². The molecule has 5 nitrogen and oxygen atoms in total. The lowest BCUT2D eigenvalue weighted by Crippen LogP contribution is -2.55. The molecular formula is C13H23N3O2. The lowest BCUT2D eigenvalue weighted by Gasteiger charge is -2.38. The second-order valence-corrected chi connectivity index (χ2v) is 5.10. The van der Waals surface area contributed by atoms with Gasteiger partial charge in [0, 0.05) is 12.1 Å². The molecule has 102 valence electrons. The van der Waals surface area contributed by atoms with Crippen molar-refractivity contribution in [2.24, 2.45) is 5.73 Å². The minimum atomic E-state index is -0.237. The normalized spacial score (nSPS) is 13.7. The Morgan fingerprint density at radius 2 is 2.28 bits per heavy atom. The smallest absolute Gasteiger partial charge is 0.237 e. The van der Waals surface area contributed by atoms with E-state index < -0.39 is 0 Å². The van der Waals surface area contributed by atoms with Crippen molar-refractivity contribution in [3.05, 3.63) is 24.2 Å². The lowest BCUT2D eigenvalue weighted by molar-refractivity contribution is -0.127. The fraction of sp³-hybridized carbons (Fsp3) is 0.615. The molecule has 0 fully saturated rings. The third kappa shape index (κ3) is 3.58. The summed E-state index contributed by atoms with van der Waals surface area (Å²) >= 11 is 0. The summed E-state index contributed by atoms with van der Waals surface area (Å²) in [5.74, 6) is 0.715. The molecule has 0 bridgehead atoms. The molecule has 0 saturated heterocycles. The maximum absolute atomic E-state index is 12.0. The number of nitrogens with one attached hydrogen (secondary N) is 1. The van der Waals surface area contributed by atoms with Crippen LogP contribution in [0.15, 0.2) is 22.8 Å². The Bertz CT molecular complexity index is 374. The van der Waals surface area contributed by atoms with Gasteiger partial charge in [-0.2, -0.15) is 0 Å². The number of rotatable bonds is 6. The highest BCUT2D eigenvalue weighted by Gasteiger charge is 2.29. The second-order valence-electron chi connectivity index (χ2n) is 5.10. The van der Waals surface area contributed by atoms with Gasteiger partial charge in [0.05, 0.1) is 18.8 Å². The Labute approximate surface area is 108 Å². The van der Waals surface area contributed by atoms with Gasteiger partial charge < -0.3 is 15.5 Å². The van der Waals surface area contributed by atoms with Crippen LogP contribution in [-0.2, 0) is 11.3 Å². The maximum Gasteiger partial charge on any atom is 0.237 e. The average molecular weight is 253 g/mol. The highest BCUT2D eigenvalue weighted by molar-refractivity contribution is 5.81. The van der Waals surface area contributed by atoms with Gasteiger partial charge >= 0.3 is 0 Å². The molecule has 3 N–H and O–H groups in total. The number of nitrogens with two attached hydrogens (primary N) is 1. The van der Waals surface area contributed by atoms with Gasteiger partial charge in [-0.15, -0.1) is 0 Å². The average Bonchev–Trinajstić information content (AvgIpc) is 2.87. The predicted octanol–water partition coefficient (Wildman–Crippen LogP) is 0.953. The zero-order valence-electron chi connectivity index (χ0n) is 11.6. The van der Waals surface area contributed by atoms with E-state index in [0.29, 0.717) is 13.1 Å². The van der Waals surface area contributed by atoms with Crippen LogP contribution in [0, 0.1) is 0 Å². The monoisotopic (exact) mass is 253 g/mol. The standard InChI is InChI=1S/C13H23N3O2/c1-10(16(4)13(2,3)9-14)12(17)15-8-11-6-5-7-18-11/h5-7,10H,8-9,14H2,1-4H3,(H,15,17). The minimum absolute atomic E-state index is 0.0320.